The van der Waals surface area contributed by atoms with Crippen LogP contribution < -0.4 is 5.32 Å². The lowest BCUT2D eigenvalue weighted by Crippen LogP contribution is -2.42. The van der Waals surface area contributed by atoms with E-state index in [0.717, 1.165) is 12.8 Å². The number of amides is 1. The van der Waals surface area contributed by atoms with Crippen molar-refractivity contribution in [3.05, 3.63) is 0 Å². The zero-order chi connectivity index (χ0) is 17.5. The van der Waals surface area contributed by atoms with Crippen LogP contribution in [0.25, 0.3) is 0 Å². The molecule has 1 amide bonds. The number of unbranched alkanes of at least 4 members (excludes halogenated alkanes) is 7. The van der Waals surface area contributed by atoms with Crippen molar-refractivity contribution in [1.82, 2.24) is 5.32 Å². The molecule has 0 rings (SSSR count). The Morgan fingerprint density at radius 1 is 0.957 bits per heavy atom. The molecule has 1 N–H and O–H groups in total. The van der Waals surface area contributed by atoms with E-state index in [-0.39, 0.29) is 11.9 Å². The maximum absolute atomic E-state index is 12.0. The Labute approximate surface area is 141 Å². The summed E-state index contributed by atoms with van der Waals surface area (Å²) in [5, 5.41) is 2.54. The highest BCUT2D eigenvalue weighted by molar-refractivity contribution is 5.81. The van der Waals surface area contributed by atoms with Crippen LogP contribution in [0.2, 0.25) is 0 Å². The fourth-order valence-electron chi connectivity index (χ4n) is 2.40. The smallest absolute Gasteiger partial charge is 0.407 e. The number of esters is 1. The first-order valence-corrected chi connectivity index (χ1v) is 9.02. The molecule has 0 saturated carbocycles. The van der Waals surface area contributed by atoms with Crippen molar-refractivity contribution in [2.24, 2.45) is 5.92 Å². The Morgan fingerprint density at radius 3 is 2.04 bits per heavy atom. The van der Waals surface area contributed by atoms with Crippen LogP contribution in [0.3, 0.4) is 0 Å². The van der Waals surface area contributed by atoms with Gasteiger partial charge in [0.25, 0.3) is 0 Å². The molecule has 0 aliphatic heterocycles. The van der Waals surface area contributed by atoms with Crippen molar-refractivity contribution in [1.29, 1.82) is 0 Å². The van der Waals surface area contributed by atoms with Crippen LogP contribution >= 0.6 is 0 Å². The Bertz CT molecular complexity index is 318. The van der Waals surface area contributed by atoms with Crippen molar-refractivity contribution in [3.63, 3.8) is 0 Å². The van der Waals surface area contributed by atoms with Gasteiger partial charge in [-0.15, -0.1) is 0 Å². The zero-order valence-electron chi connectivity index (χ0n) is 15.4. The summed E-state index contributed by atoms with van der Waals surface area (Å²) >= 11 is 0. The third-order valence-corrected chi connectivity index (χ3v) is 3.71. The molecule has 1 unspecified atom stereocenters. The quantitative estimate of drug-likeness (QED) is 0.401. The second-order valence-electron chi connectivity index (χ2n) is 6.46. The third-order valence-electron chi connectivity index (χ3n) is 3.71. The fourth-order valence-corrected chi connectivity index (χ4v) is 2.40. The highest BCUT2D eigenvalue weighted by Gasteiger charge is 2.23. The fraction of sp³-hybridized carbons (Fsp3) is 0.889. The summed E-state index contributed by atoms with van der Waals surface area (Å²) in [6.45, 7) is 6.64. The monoisotopic (exact) mass is 329 g/mol. The Hall–Kier alpha value is -1.26. The van der Waals surface area contributed by atoms with E-state index in [9.17, 15) is 9.59 Å². The predicted molar refractivity (Wildman–Crippen MR) is 92.4 cm³/mol. The molecule has 1 atom stereocenters. The topological polar surface area (TPSA) is 64.6 Å². The molecule has 0 saturated heterocycles. The molecule has 0 aliphatic rings. The van der Waals surface area contributed by atoms with Gasteiger partial charge in [0, 0.05) is 0 Å². The van der Waals surface area contributed by atoms with Gasteiger partial charge in [-0.05, 0) is 18.8 Å². The van der Waals surface area contributed by atoms with Gasteiger partial charge < -0.3 is 14.8 Å². The van der Waals surface area contributed by atoms with Gasteiger partial charge in [0.2, 0.25) is 0 Å². The first-order chi connectivity index (χ1) is 11.0. The van der Waals surface area contributed by atoms with Crippen LogP contribution in [0.15, 0.2) is 0 Å². The number of methoxy groups -OCH3 is 1. The summed E-state index contributed by atoms with van der Waals surface area (Å²) in [6.07, 6.45) is 9.57. The summed E-state index contributed by atoms with van der Waals surface area (Å²) < 4.78 is 9.84. The molecule has 0 aromatic carbocycles. The van der Waals surface area contributed by atoms with Gasteiger partial charge in [-0.3, -0.25) is 0 Å². The number of hydrogen-bond acceptors (Lipinski definition) is 4. The van der Waals surface area contributed by atoms with Crippen LogP contribution in [0.1, 0.15) is 78.6 Å². The van der Waals surface area contributed by atoms with E-state index in [4.69, 9.17) is 4.74 Å². The molecular weight excluding hydrogens is 294 g/mol. The molecule has 0 fully saturated rings. The predicted octanol–water partition coefficient (Wildman–Crippen LogP) is 4.44. The number of rotatable bonds is 13. The number of alkyl carbamates (subject to hydrolysis) is 1. The van der Waals surface area contributed by atoms with Crippen LogP contribution in [-0.2, 0) is 14.3 Å². The normalized spacial score (nSPS) is 12.0. The summed E-state index contributed by atoms with van der Waals surface area (Å²) in [5.74, 6) is -0.0835. The number of nitrogens with one attached hydrogen (secondary N) is 1. The second-order valence-corrected chi connectivity index (χ2v) is 6.46. The van der Waals surface area contributed by atoms with Gasteiger partial charge >= 0.3 is 12.1 Å². The lowest BCUT2D eigenvalue weighted by molar-refractivity contribution is -0.146. The first-order valence-electron chi connectivity index (χ1n) is 9.02. The van der Waals surface area contributed by atoms with E-state index in [1.807, 2.05) is 13.8 Å². The molecule has 136 valence electrons. The maximum Gasteiger partial charge on any atom is 0.407 e. The van der Waals surface area contributed by atoms with Gasteiger partial charge in [-0.2, -0.15) is 0 Å². The van der Waals surface area contributed by atoms with E-state index in [2.05, 4.69) is 17.0 Å². The lowest BCUT2D eigenvalue weighted by Gasteiger charge is -2.18. The molecule has 0 heterocycles. The third kappa shape index (κ3) is 12.9. The van der Waals surface area contributed by atoms with Crippen molar-refractivity contribution >= 4 is 12.1 Å². The van der Waals surface area contributed by atoms with Gasteiger partial charge in [-0.1, -0.05) is 65.7 Å². The summed E-state index contributed by atoms with van der Waals surface area (Å²) in [6, 6.07) is -0.628. The van der Waals surface area contributed by atoms with E-state index in [1.54, 1.807) is 0 Å². The summed E-state index contributed by atoms with van der Waals surface area (Å²) in [7, 11) is 1.29. The summed E-state index contributed by atoms with van der Waals surface area (Å²) in [5.41, 5.74) is 0. The van der Waals surface area contributed by atoms with Crippen LogP contribution in [-0.4, -0.2) is 31.8 Å². The molecule has 0 aliphatic carbocycles. The summed E-state index contributed by atoms with van der Waals surface area (Å²) in [4.78, 5) is 23.3. The Balaban J connectivity index is 3.83. The molecule has 5 nitrogen and oxygen atoms in total. The first kappa shape index (κ1) is 21.7. The zero-order valence-corrected chi connectivity index (χ0v) is 15.4. The van der Waals surface area contributed by atoms with Gasteiger partial charge in [0.15, 0.2) is 0 Å². The minimum atomic E-state index is -0.628. The highest BCUT2D eigenvalue weighted by Crippen LogP contribution is 2.10. The van der Waals surface area contributed by atoms with E-state index in [1.165, 1.54) is 45.6 Å². The number of hydrogen-bond donors (Lipinski definition) is 1. The minimum Gasteiger partial charge on any atom is -0.464 e. The highest BCUT2D eigenvalue weighted by atomic mass is 16.5. The SMILES string of the molecule is CCCCCCCCCCOC(=O)C(CC(C)C)NC(=O)OC. The van der Waals surface area contributed by atoms with Crippen LogP contribution in [0.5, 0.6) is 0 Å². The molecular formula is C18H35NO4. The van der Waals surface area contributed by atoms with Crippen LogP contribution in [0, 0.1) is 5.92 Å². The number of carbonyl (C=O) groups excluding carboxylic acids is 2. The Kier molecular flexibility index (Phi) is 13.6. The molecule has 0 aromatic heterocycles. The van der Waals surface area contributed by atoms with Crippen molar-refractivity contribution in [2.75, 3.05) is 13.7 Å². The van der Waals surface area contributed by atoms with Crippen LogP contribution in [0.4, 0.5) is 4.79 Å². The van der Waals surface area contributed by atoms with E-state index >= 15 is 0 Å². The molecule has 0 aromatic rings. The molecule has 0 spiro atoms. The number of carbonyl (C=O) groups is 2. The maximum atomic E-state index is 12.0. The van der Waals surface area contributed by atoms with Gasteiger partial charge in [-0.25, -0.2) is 9.59 Å². The van der Waals surface area contributed by atoms with Crippen molar-refractivity contribution < 1.29 is 19.1 Å². The molecule has 0 bridgehead atoms. The number of ether oxygens (including phenoxy) is 2. The molecule has 0 radical (unpaired) electrons. The van der Waals surface area contributed by atoms with Gasteiger partial charge in [0.1, 0.15) is 6.04 Å². The lowest BCUT2D eigenvalue weighted by atomic mass is 10.0. The standard InChI is InChI=1S/C18H35NO4/c1-5-6-7-8-9-10-11-12-13-23-17(20)16(14-15(2)3)19-18(21)22-4/h15-16H,5-14H2,1-4H3,(H,19,21). The molecule has 23 heavy (non-hydrogen) atoms. The van der Waals surface area contributed by atoms with E-state index < -0.39 is 12.1 Å². The van der Waals surface area contributed by atoms with Crippen molar-refractivity contribution in [2.45, 2.75) is 84.6 Å². The second kappa shape index (κ2) is 14.3. The van der Waals surface area contributed by atoms with Gasteiger partial charge in [0.05, 0.1) is 13.7 Å². The Morgan fingerprint density at radius 2 is 1.52 bits per heavy atom. The van der Waals surface area contributed by atoms with E-state index in [0.29, 0.717) is 13.0 Å². The minimum absolute atomic E-state index is 0.285. The molecule has 5 heteroatoms. The largest absolute Gasteiger partial charge is 0.464 e. The average molecular weight is 329 g/mol. The van der Waals surface area contributed by atoms with Crippen molar-refractivity contribution in [3.8, 4) is 0 Å². The average Bonchev–Trinajstić information content (AvgIpc) is 2.51.